The number of likely N-dealkylation sites (tertiary alicyclic amines) is 1. The fourth-order valence-electron chi connectivity index (χ4n) is 7.71. The zero-order valence-electron chi connectivity index (χ0n) is 30.2. The highest BCUT2D eigenvalue weighted by Gasteiger charge is 2.62. The summed E-state index contributed by atoms with van der Waals surface area (Å²) in [4.78, 5) is 71.5. The molecule has 0 aromatic heterocycles. The highest BCUT2D eigenvalue weighted by atomic mass is 32.2. The van der Waals surface area contributed by atoms with Crippen LogP contribution in [0.15, 0.2) is 24.8 Å². The topological polar surface area (TPSA) is 199 Å². The molecule has 5 amide bonds. The van der Waals surface area contributed by atoms with E-state index in [2.05, 4.69) is 21.9 Å². The number of amides is 5. The fraction of sp³-hybridized carbons (Fsp3) is 0.639. The van der Waals surface area contributed by atoms with Crippen molar-refractivity contribution in [3.63, 3.8) is 0 Å². The standard InChI is InChI=1S/C36H47N5O11S/c1-5-21-15-36(21,32(44)39-53(47,48)24-11-12-24)38-30(42)26-14-23(52-34(46)40-16-20-10-13-27-28(25(20)18-40)50-19-49-27)17-41(26)31(43)29(35(2,3)4)37-33(45)51-22-8-6-7-9-22/h5,10,13,21-24,26,29H,1,6-9,11-12,14-19H2,2-4H3,(H,37,45)(H,38,42)(H,39,44)/t21-,23+,26-,29+,36-/m0/s1. The lowest BCUT2D eigenvalue weighted by Crippen LogP contribution is -2.60. The maximum absolute atomic E-state index is 14.5. The second-order valence-electron chi connectivity index (χ2n) is 16.0. The molecule has 7 rings (SSSR count). The third-order valence-electron chi connectivity index (χ3n) is 11.0. The van der Waals surface area contributed by atoms with E-state index in [1.807, 2.05) is 6.07 Å². The molecule has 288 valence electrons. The van der Waals surface area contributed by atoms with E-state index in [-0.39, 0.29) is 45.4 Å². The van der Waals surface area contributed by atoms with E-state index in [1.165, 1.54) is 15.9 Å². The molecule has 0 unspecified atom stereocenters. The average Bonchev–Trinajstić information content (AvgIpc) is 3.72. The Morgan fingerprint density at radius 3 is 2.42 bits per heavy atom. The second-order valence-corrected chi connectivity index (χ2v) is 17.9. The molecule has 1 saturated heterocycles. The minimum atomic E-state index is -3.92. The van der Waals surface area contributed by atoms with Crippen LogP contribution in [-0.4, -0.2) is 96.5 Å². The Hall–Kier alpha value is -4.54. The summed E-state index contributed by atoms with van der Waals surface area (Å²) in [6, 6.07) is 1.27. The number of sulfonamides is 1. The number of hydrogen-bond acceptors (Lipinski definition) is 11. The number of nitrogens with zero attached hydrogens (tertiary/aromatic N) is 2. The third-order valence-corrected chi connectivity index (χ3v) is 12.8. The van der Waals surface area contributed by atoms with Gasteiger partial charge < -0.3 is 34.5 Å². The number of carbonyl (C=O) groups excluding carboxylic acids is 5. The van der Waals surface area contributed by atoms with Crippen molar-refractivity contribution < 1.29 is 51.3 Å². The summed E-state index contributed by atoms with van der Waals surface area (Å²) in [5, 5.41) is 4.80. The van der Waals surface area contributed by atoms with Gasteiger partial charge in [0.25, 0.3) is 5.91 Å². The number of carbonyl (C=O) groups is 5. The number of hydrogen-bond donors (Lipinski definition) is 3. The lowest BCUT2D eigenvalue weighted by Gasteiger charge is -2.35. The van der Waals surface area contributed by atoms with Crippen molar-refractivity contribution in [1.82, 2.24) is 25.2 Å². The van der Waals surface area contributed by atoms with Gasteiger partial charge in [0.15, 0.2) is 11.5 Å². The molecule has 3 aliphatic heterocycles. The maximum atomic E-state index is 14.5. The SMILES string of the molecule is C=C[C@H]1C[C@@]1(NC(=O)[C@@H]1C[C@@H](OC(=O)N2Cc3ccc4c(c3C2)OCO4)CN1C(=O)[C@@H](NC(=O)OC1CCCC1)C(C)(C)C)C(=O)NS(=O)(=O)C1CC1. The van der Waals surface area contributed by atoms with Crippen LogP contribution in [0.25, 0.3) is 0 Å². The smallest absolute Gasteiger partial charge is 0.410 e. The summed E-state index contributed by atoms with van der Waals surface area (Å²) in [6.45, 7) is 9.42. The Kier molecular flexibility index (Phi) is 9.52. The van der Waals surface area contributed by atoms with Crippen molar-refractivity contribution >= 4 is 39.9 Å². The predicted molar refractivity (Wildman–Crippen MR) is 187 cm³/mol. The molecule has 5 atom stereocenters. The minimum Gasteiger partial charge on any atom is -0.454 e. The summed E-state index contributed by atoms with van der Waals surface area (Å²) in [6.07, 6.45) is 3.11. The Bertz CT molecular complexity index is 1820. The van der Waals surface area contributed by atoms with Crippen LogP contribution in [-0.2, 0) is 47.0 Å². The molecule has 3 N–H and O–H groups in total. The first-order valence-corrected chi connectivity index (χ1v) is 19.8. The highest BCUT2D eigenvalue weighted by Crippen LogP contribution is 2.46. The first-order chi connectivity index (χ1) is 25.1. The first kappa shape index (κ1) is 36.8. The third kappa shape index (κ3) is 7.36. The number of ether oxygens (including phenoxy) is 4. The molecule has 4 fully saturated rings. The van der Waals surface area contributed by atoms with Crippen LogP contribution in [0.3, 0.4) is 0 Å². The van der Waals surface area contributed by atoms with E-state index in [0.717, 1.165) is 36.8 Å². The molecule has 17 heteroatoms. The van der Waals surface area contributed by atoms with E-state index in [1.54, 1.807) is 26.8 Å². The molecular formula is C36H47N5O11S. The monoisotopic (exact) mass is 757 g/mol. The van der Waals surface area contributed by atoms with Gasteiger partial charge in [0.2, 0.25) is 28.6 Å². The average molecular weight is 758 g/mol. The van der Waals surface area contributed by atoms with Crippen molar-refractivity contribution in [2.45, 2.75) is 120 Å². The lowest BCUT2D eigenvalue weighted by molar-refractivity contribution is -0.143. The molecular weight excluding hydrogens is 710 g/mol. The van der Waals surface area contributed by atoms with Gasteiger partial charge in [0.1, 0.15) is 29.8 Å². The summed E-state index contributed by atoms with van der Waals surface area (Å²) >= 11 is 0. The largest absolute Gasteiger partial charge is 0.454 e. The second kappa shape index (κ2) is 13.7. The van der Waals surface area contributed by atoms with Gasteiger partial charge in [-0.3, -0.25) is 24.0 Å². The van der Waals surface area contributed by atoms with E-state index in [4.69, 9.17) is 18.9 Å². The summed E-state index contributed by atoms with van der Waals surface area (Å²) in [5.41, 5.74) is -0.736. The number of nitrogens with one attached hydrogen (secondary N) is 3. The molecule has 0 bridgehead atoms. The first-order valence-electron chi connectivity index (χ1n) is 18.2. The van der Waals surface area contributed by atoms with Crippen LogP contribution >= 0.6 is 0 Å². The zero-order chi connectivity index (χ0) is 37.9. The molecule has 16 nitrogen and oxygen atoms in total. The molecule has 0 radical (unpaired) electrons. The highest BCUT2D eigenvalue weighted by molar-refractivity contribution is 7.91. The van der Waals surface area contributed by atoms with E-state index < -0.39 is 80.2 Å². The molecule has 6 aliphatic rings. The van der Waals surface area contributed by atoms with Gasteiger partial charge in [-0.1, -0.05) is 32.9 Å². The summed E-state index contributed by atoms with van der Waals surface area (Å²) in [7, 11) is -3.92. The van der Waals surface area contributed by atoms with Gasteiger partial charge in [-0.15, -0.1) is 6.58 Å². The van der Waals surface area contributed by atoms with Gasteiger partial charge in [0, 0.05) is 24.4 Å². The van der Waals surface area contributed by atoms with Gasteiger partial charge in [0.05, 0.1) is 18.3 Å². The van der Waals surface area contributed by atoms with Crippen molar-refractivity contribution in [1.29, 1.82) is 0 Å². The van der Waals surface area contributed by atoms with Crippen molar-refractivity contribution in [2.24, 2.45) is 11.3 Å². The Morgan fingerprint density at radius 1 is 1.02 bits per heavy atom. The van der Waals surface area contributed by atoms with Crippen LogP contribution < -0.4 is 24.8 Å². The molecule has 0 spiro atoms. The quantitative estimate of drug-likeness (QED) is 0.297. The Morgan fingerprint density at radius 2 is 1.75 bits per heavy atom. The van der Waals surface area contributed by atoms with Crippen molar-refractivity contribution in [2.75, 3.05) is 13.3 Å². The number of fused-ring (bicyclic) bond motifs is 3. The normalized spacial score (nSPS) is 26.7. The molecule has 3 saturated carbocycles. The maximum Gasteiger partial charge on any atom is 0.410 e. The number of alkyl carbamates (subject to hydrolysis) is 1. The predicted octanol–water partition coefficient (Wildman–Crippen LogP) is 2.59. The number of rotatable bonds is 10. The Balaban J connectivity index is 1.10. The van der Waals surface area contributed by atoms with Gasteiger partial charge >= 0.3 is 12.2 Å². The van der Waals surface area contributed by atoms with E-state index in [9.17, 15) is 32.4 Å². The summed E-state index contributed by atoms with van der Waals surface area (Å²) < 4.78 is 50.1. The molecule has 3 aliphatic carbocycles. The molecule has 1 aromatic rings. The van der Waals surface area contributed by atoms with Crippen LogP contribution in [0.2, 0.25) is 0 Å². The van der Waals surface area contributed by atoms with Crippen LogP contribution in [0.1, 0.15) is 83.3 Å². The van der Waals surface area contributed by atoms with Crippen LogP contribution in [0, 0.1) is 11.3 Å². The van der Waals surface area contributed by atoms with Gasteiger partial charge in [-0.2, -0.15) is 0 Å². The minimum absolute atomic E-state index is 0.0845. The van der Waals surface area contributed by atoms with Gasteiger partial charge in [-0.05, 0) is 62.0 Å². The summed E-state index contributed by atoms with van der Waals surface area (Å²) in [5.74, 6) is -1.59. The van der Waals surface area contributed by atoms with Crippen LogP contribution in [0.5, 0.6) is 11.5 Å². The van der Waals surface area contributed by atoms with Crippen molar-refractivity contribution in [3.8, 4) is 11.5 Å². The number of benzene rings is 1. The van der Waals surface area contributed by atoms with E-state index >= 15 is 0 Å². The Labute approximate surface area is 308 Å². The van der Waals surface area contributed by atoms with Gasteiger partial charge in [-0.25, -0.2) is 18.0 Å². The fourth-order valence-corrected chi connectivity index (χ4v) is 9.07. The molecule has 3 heterocycles. The molecule has 1 aromatic carbocycles. The molecule has 53 heavy (non-hydrogen) atoms. The van der Waals surface area contributed by atoms with E-state index in [0.29, 0.717) is 24.3 Å². The van der Waals surface area contributed by atoms with Crippen molar-refractivity contribution in [3.05, 3.63) is 35.9 Å². The zero-order valence-corrected chi connectivity index (χ0v) is 31.0. The van der Waals surface area contributed by atoms with Crippen LogP contribution in [0.4, 0.5) is 9.59 Å². The lowest BCUT2D eigenvalue weighted by atomic mass is 9.85.